The third-order valence-corrected chi connectivity index (χ3v) is 5.79. The predicted octanol–water partition coefficient (Wildman–Crippen LogP) is 3.86. The Balaban J connectivity index is 1.48. The van der Waals surface area contributed by atoms with Crippen LogP contribution >= 0.6 is 22.9 Å². The molecule has 0 bridgehead atoms. The SMILES string of the molecule is Cc1cccc(O[C@H](C)C(=O)NCc2cc(=O)n3nc(-c4ccccc4Cl)sc3n2)c1. The second-order valence-corrected chi connectivity index (χ2v) is 8.32. The first kappa shape index (κ1) is 21.0. The zero-order valence-electron chi connectivity index (χ0n) is 16.8. The number of nitrogens with one attached hydrogen (secondary N) is 1. The van der Waals surface area contributed by atoms with Crippen LogP contribution in [0.3, 0.4) is 0 Å². The Morgan fingerprint density at radius 1 is 1.23 bits per heavy atom. The Morgan fingerprint density at radius 3 is 2.81 bits per heavy atom. The summed E-state index contributed by atoms with van der Waals surface area (Å²) >= 11 is 7.49. The Hall–Kier alpha value is -3.23. The van der Waals surface area contributed by atoms with Crippen molar-refractivity contribution in [2.45, 2.75) is 26.5 Å². The molecule has 2 aromatic heterocycles. The van der Waals surface area contributed by atoms with E-state index < -0.39 is 6.10 Å². The summed E-state index contributed by atoms with van der Waals surface area (Å²) in [5.74, 6) is 0.321. The maximum Gasteiger partial charge on any atom is 0.275 e. The second-order valence-electron chi connectivity index (χ2n) is 6.96. The number of aryl methyl sites for hydroxylation is 1. The smallest absolute Gasteiger partial charge is 0.275 e. The number of hydrogen-bond donors (Lipinski definition) is 1. The maximum absolute atomic E-state index is 12.5. The van der Waals surface area contributed by atoms with Crippen molar-refractivity contribution in [2.75, 3.05) is 0 Å². The molecule has 158 valence electrons. The fourth-order valence-corrected chi connectivity index (χ4v) is 4.20. The summed E-state index contributed by atoms with van der Waals surface area (Å²) in [6, 6.07) is 16.1. The van der Waals surface area contributed by atoms with E-state index in [0.29, 0.717) is 26.4 Å². The van der Waals surface area contributed by atoms with Gasteiger partial charge >= 0.3 is 0 Å². The molecule has 31 heavy (non-hydrogen) atoms. The molecule has 1 N–H and O–H groups in total. The second kappa shape index (κ2) is 8.87. The van der Waals surface area contributed by atoms with Crippen LogP contribution in [0.15, 0.2) is 59.4 Å². The van der Waals surface area contributed by atoms with E-state index in [1.807, 2.05) is 43.3 Å². The van der Waals surface area contributed by atoms with Gasteiger partial charge in [0.05, 0.1) is 17.3 Å². The van der Waals surface area contributed by atoms with Gasteiger partial charge in [-0.25, -0.2) is 4.98 Å². The van der Waals surface area contributed by atoms with E-state index >= 15 is 0 Å². The number of ether oxygens (including phenoxy) is 1. The first-order valence-electron chi connectivity index (χ1n) is 9.56. The number of halogens is 1. The Kier molecular flexibility index (Phi) is 6.01. The van der Waals surface area contributed by atoms with Gasteiger partial charge < -0.3 is 10.1 Å². The van der Waals surface area contributed by atoms with Crippen molar-refractivity contribution in [1.29, 1.82) is 0 Å². The average molecular weight is 455 g/mol. The molecule has 0 radical (unpaired) electrons. The molecule has 0 fully saturated rings. The summed E-state index contributed by atoms with van der Waals surface area (Å²) < 4.78 is 6.92. The van der Waals surface area contributed by atoms with Gasteiger partial charge in [0, 0.05) is 11.6 Å². The molecule has 0 saturated carbocycles. The Bertz CT molecular complexity index is 1320. The van der Waals surface area contributed by atoms with Gasteiger partial charge in [-0.2, -0.15) is 9.61 Å². The normalized spacial score (nSPS) is 12.0. The van der Waals surface area contributed by atoms with E-state index in [2.05, 4.69) is 15.4 Å². The number of benzene rings is 2. The van der Waals surface area contributed by atoms with Crippen LogP contribution in [0.5, 0.6) is 5.75 Å². The van der Waals surface area contributed by atoms with Crippen molar-refractivity contribution in [3.8, 4) is 16.3 Å². The van der Waals surface area contributed by atoms with Crippen LogP contribution in [0, 0.1) is 6.92 Å². The topological polar surface area (TPSA) is 85.6 Å². The van der Waals surface area contributed by atoms with Crippen LogP contribution in [0.25, 0.3) is 15.5 Å². The zero-order chi connectivity index (χ0) is 22.0. The fraction of sp³-hybridized carbons (Fsp3) is 0.182. The molecule has 0 saturated heterocycles. The quantitative estimate of drug-likeness (QED) is 0.478. The van der Waals surface area contributed by atoms with Crippen molar-refractivity contribution >= 4 is 33.8 Å². The molecule has 0 aliphatic rings. The van der Waals surface area contributed by atoms with E-state index in [1.165, 1.54) is 21.9 Å². The number of carbonyl (C=O) groups excluding carboxylic acids is 1. The lowest BCUT2D eigenvalue weighted by Crippen LogP contribution is -2.36. The number of rotatable bonds is 6. The molecule has 0 spiro atoms. The van der Waals surface area contributed by atoms with E-state index in [-0.39, 0.29) is 18.0 Å². The molecule has 0 unspecified atom stereocenters. The highest BCUT2D eigenvalue weighted by Gasteiger charge is 2.16. The van der Waals surface area contributed by atoms with E-state index in [0.717, 1.165) is 11.1 Å². The highest BCUT2D eigenvalue weighted by atomic mass is 35.5. The number of aromatic nitrogens is 3. The van der Waals surface area contributed by atoms with Crippen LogP contribution in [0.4, 0.5) is 0 Å². The molecule has 4 aromatic rings. The highest BCUT2D eigenvalue weighted by molar-refractivity contribution is 7.19. The first-order chi connectivity index (χ1) is 14.9. The molecule has 1 atom stereocenters. The van der Waals surface area contributed by atoms with E-state index in [1.54, 1.807) is 19.1 Å². The van der Waals surface area contributed by atoms with Crippen LogP contribution in [0.2, 0.25) is 5.02 Å². The summed E-state index contributed by atoms with van der Waals surface area (Å²) in [4.78, 5) is 29.8. The lowest BCUT2D eigenvalue weighted by molar-refractivity contribution is -0.127. The molecular weight excluding hydrogens is 436 g/mol. The number of hydrogen-bond acceptors (Lipinski definition) is 6. The van der Waals surface area contributed by atoms with Crippen LogP contribution < -0.4 is 15.6 Å². The molecular formula is C22H19ClN4O3S. The summed E-state index contributed by atoms with van der Waals surface area (Å²) in [6.07, 6.45) is -0.693. The number of amides is 1. The van der Waals surface area contributed by atoms with Gasteiger partial charge in [0.2, 0.25) is 4.96 Å². The molecule has 7 nitrogen and oxygen atoms in total. The van der Waals surface area contributed by atoms with Crippen LogP contribution in [-0.4, -0.2) is 26.6 Å². The number of nitrogens with zero attached hydrogens (tertiary/aromatic N) is 3. The molecule has 2 heterocycles. The fourth-order valence-electron chi connectivity index (χ4n) is 2.96. The van der Waals surface area contributed by atoms with Crippen molar-refractivity contribution in [1.82, 2.24) is 19.9 Å². The molecule has 1 amide bonds. The third kappa shape index (κ3) is 4.76. The van der Waals surface area contributed by atoms with Gasteiger partial charge in [-0.05, 0) is 37.6 Å². The minimum atomic E-state index is -0.693. The van der Waals surface area contributed by atoms with Gasteiger partial charge in [-0.3, -0.25) is 9.59 Å². The average Bonchev–Trinajstić information content (AvgIpc) is 3.17. The lowest BCUT2D eigenvalue weighted by atomic mass is 10.2. The molecule has 2 aromatic carbocycles. The van der Waals surface area contributed by atoms with Crippen molar-refractivity contribution in [3.63, 3.8) is 0 Å². The summed E-state index contributed by atoms with van der Waals surface area (Å²) in [6.45, 7) is 3.72. The first-order valence-corrected chi connectivity index (χ1v) is 10.8. The minimum absolute atomic E-state index is 0.103. The van der Waals surface area contributed by atoms with Crippen molar-refractivity contribution in [2.24, 2.45) is 0 Å². The van der Waals surface area contributed by atoms with Gasteiger partial charge in [-0.1, -0.05) is 53.3 Å². The number of fused-ring (bicyclic) bond motifs is 1. The molecule has 4 rings (SSSR count). The van der Waals surface area contributed by atoms with Crippen molar-refractivity contribution in [3.05, 3.63) is 81.2 Å². The minimum Gasteiger partial charge on any atom is -0.481 e. The molecule has 0 aliphatic carbocycles. The molecule has 9 heteroatoms. The van der Waals surface area contributed by atoms with E-state index in [9.17, 15) is 9.59 Å². The standard InChI is InChI=1S/C22H19ClN4O3S/c1-13-6-5-7-16(10-13)30-14(2)20(29)24-12-15-11-19(28)27-22(25-15)31-21(26-27)17-8-3-4-9-18(17)23/h3-11,14H,12H2,1-2H3,(H,24,29)/t14-/m1/s1. The van der Waals surface area contributed by atoms with Crippen LogP contribution in [-0.2, 0) is 11.3 Å². The summed E-state index contributed by atoms with van der Waals surface area (Å²) in [7, 11) is 0. The summed E-state index contributed by atoms with van der Waals surface area (Å²) in [5, 5.41) is 8.23. The van der Waals surface area contributed by atoms with Gasteiger partial charge in [0.1, 0.15) is 10.8 Å². The third-order valence-electron chi connectivity index (χ3n) is 4.52. The van der Waals surface area contributed by atoms with Gasteiger partial charge in [0.15, 0.2) is 6.10 Å². The highest BCUT2D eigenvalue weighted by Crippen LogP contribution is 2.30. The maximum atomic E-state index is 12.5. The number of carbonyl (C=O) groups is 1. The van der Waals surface area contributed by atoms with Crippen LogP contribution in [0.1, 0.15) is 18.2 Å². The van der Waals surface area contributed by atoms with E-state index in [4.69, 9.17) is 16.3 Å². The lowest BCUT2D eigenvalue weighted by Gasteiger charge is -2.14. The molecule has 0 aliphatic heterocycles. The Morgan fingerprint density at radius 2 is 2.03 bits per heavy atom. The predicted molar refractivity (Wildman–Crippen MR) is 121 cm³/mol. The van der Waals surface area contributed by atoms with Gasteiger partial charge in [0.25, 0.3) is 11.5 Å². The van der Waals surface area contributed by atoms with Crippen molar-refractivity contribution < 1.29 is 9.53 Å². The monoisotopic (exact) mass is 454 g/mol. The largest absolute Gasteiger partial charge is 0.481 e. The zero-order valence-corrected chi connectivity index (χ0v) is 18.4. The summed E-state index contributed by atoms with van der Waals surface area (Å²) in [5.41, 5.74) is 1.89. The van der Waals surface area contributed by atoms with Gasteiger partial charge in [-0.15, -0.1) is 0 Å². The Labute approximate surface area is 187 Å².